The number of benzene rings is 2. The first-order valence-electron chi connectivity index (χ1n) is 8.33. The quantitative estimate of drug-likeness (QED) is 0.476. The van der Waals surface area contributed by atoms with Gasteiger partial charge in [0.1, 0.15) is 5.76 Å². The minimum atomic E-state index is 0.652. The molecule has 0 unspecified atom stereocenters. The molecule has 0 spiro atoms. The number of aromatic nitrogens is 4. The Balaban J connectivity index is 1.74. The van der Waals surface area contributed by atoms with Crippen molar-refractivity contribution in [2.24, 2.45) is 0 Å². The number of hydrogen-bond donors (Lipinski definition) is 0. The van der Waals surface area contributed by atoms with E-state index in [1.165, 1.54) is 5.56 Å². The van der Waals surface area contributed by atoms with Crippen LogP contribution < -0.4 is 0 Å². The summed E-state index contributed by atoms with van der Waals surface area (Å²) in [5, 5.41) is 13.7. The number of para-hydroxylation sites is 1. The first-order chi connectivity index (χ1) is 12.7. The van der Waals surface area contributed by atoms with Crippen LogP contribution in [0, 0.1) is 13.8 Å². The molecule has 130 valence electrons. The molecule has 0 aliphatic carbocycles. The predicted octanol–water partition coefficient (Wildman–Crippen LogP) is 4.83. The number of thioether (sulfide) groups is 1. The average molecular weight is 362 g/mol. The fourth-order valence-corrected chi connectivity index (χ4v) is 3.59. The maximum atomic E-state index is 5.31. The predicted molar refractivity (Wildman–Crippen MR) is 102 cm³/mol. The van der Waals surface area contributed by atoms with Gasteiger partial charge in [0, 0.05) is 17.3 Å². The van der Waals surface area contributed by atoms with E-state index >= 15 is 0 Å². The zero-order valence-corrected chi connectivity index (χ0v) is 15.4. The van der Waals surface area contributed by atoms with Crippen molar-refractivity contribution in [3.8, 4) is 17.1 Å². The highest BCUT2D eigenvalue weighted by Crippen LogP contribution is 2.30. The molecule has 0 saturated carbocycles. The van der Waals surface area contributed by atoms with E-state index in [4.69, 9.17) is 4.52 Å². The van der Waals surface area contributed by atoms with Gasteiger partial charge in [0.2, 0.25) is 0 Å². The molecule has 4 rings (SSSR count). The van der Waals surface area contributed by atoms with Crippen LogP contribution in [-0.4, -0.2) is 19.9 Å². The number of rotatable bonds is 5. The second-order valence-corrected chi connectivity index (χ2v) is 7.01. The van der Waals surface area contributed by atoms with Crippen molar-refractivity contribution in [3.05, 3.63) is 77.7 Å². The number of hydrogen-bond acceptors (Lipinski definition) is 5. The van der Waals surface area contributed by atoms with Crippen molar-refractivity contribution in [2.45, 2.75) is 24.8 Å². The van der Waals surface area contributed by atoms with Gasteiger partial charge in [0.15, 0.2) is 11.0 Å². The Morgan fingerprint density at radius 3 is 2.54 bits per heavy atom. The minimum Gasteiger partial charge on any atom is -0.360 e. The fraction of sp³-hybridized carbons (Fsp3) is 0.150. The van der Waals surface area contributed by atoms with E-state index in [-0.39, 0.29) is 0 Å². The van der Waals surface area contributed by atoms with Gasteiger partial charge in [-0.25, -0.2) is 0 Å². The summed E-state index contributed by atoms with van der Waals surface area (Å²) in [7, 11) is 0. The normalized spacial score (nSPS) is 11.0. The Morgan fingerprint density at radius 2 is 1.81 bits per heavy atom. The van der Waals surface area contributed by atoms with Crippen LogP contribution in [-0.2, 0) is 5.75 Å². The molecule has 26 heavy (non-hydrogen) atoms. The molecule has 0 amide bonds. The van der Waals surface area contributed by atoms with Crippen molar-refractivity contribution in [2.75, 3.05) is 0 Å². The van der Waals surface area contributed by atoms with E-state index in [2.05, 4.69) is 57.2 Å². The molecule has 0 bridgehead atoms. The molecule has 0 N–H and O–H groups in total. The van der Waals surface area contributed by atoms with Crippen LogP contribution in [0.25, 0.3) is 17.1 Å². The number of aryl methyl sites for hydroxylation is 2. The highest BCUT2D eigenvalue weighted by Gasteiger charge is 2.17. The minimum absolute atomic E-state index is 0.652. The molecular weight excluding hydrogens is 344 g/mol. The summed E-state index contributed by atoms with van der Waals surface area (Å²) in [6.07, 6.45) is 0. The first-order valence-corrected chi connectivity index (χ1v) is 9.32. The summed E-state index contributed by atoms with van der Waals surface area (Å²) >= 11 is 1.58. The lowest BCUT2D eigenvalue weighted by atomic mass is 10.1. The van der Waals surface area contributed by atoms with E-state index < -0.39 is 0 Å². The molecule has 0 atom stereocenters. The molecule has 0 radical (unpaired) electrons. The fourth-order valence-electron chi connectivity index (χ4n) is 2.76. The SMILES string of the molecule is Cc1cccc(-c2nnc(SCc3cc(C)no3)n2-c2ccccc2)c1. The highest BCUT2D eigenvalue weighted by atomic mass is 32.2. The van der Waals surface area contributed by atoms with E-state index in [0.29, 0.717) is 5.75 Å². The largest absolute Gasteiger partial charge is 0.360 e. The molecule has 2 aromatic heterocycles. The Morgan fingerprint density at radius 1 is 0.962 bits per heavy atom. The van der Waals surface area contributed by atoms with Crippen LogP contribution >= 0.6 is 11.8 Å². The van der Waals surface area contributed by atoms with Gasteiger partial charge in [-0.05, 0) is 32.0 Å². The van der Waals surface area contributed by atoms with Gasteiger partial charge < -0.3 is 4.52 Å². The number of nitrogens with zero attached hydrogens (tertiary/aromatic N) is 4. The molecule has 6 heteroatoms. The first kappa shape index (κ1) is 16.6. The van der Waals surface area contributed by atoms with Crippen molar-refractivity contribution >= 4 is 11.8 Å². The second kappa shape index (κ2) is 7.17. The Kier molecular flexibility index (Phi) is 4.58. The smallest absolute Gasteiger partial charge is 0.196 e. The maximum Gasteiger partial charge on any atom is 0.196 e. The summed E-state index contributed by atoms with van der Waals surface area (Å²) in [6.45, 7) is 3.99. The third kappa shape index (κ3) is 3.41. The summed E-state index contributed by atoms with van der Waals surface area (Å²) in [6, 6.07) is 20.4. The zero-order valence-electron chi connectivity index (χ0n) is 14.6. The molecule has 0 fully saturated rings. The Labute approximate surface area is 156 Å². The molecule has 0 aliphatic heterocycles. The van der Waals surface area contributed by atoms with Gasteiger partial charge in [-0.15, -0.1) is 10.2 Å². The zero-order chi connectivity index (χ0) is 17.9. The van der Waals surface area contributed by atoms with Gasteiger partial charge in [-0.2, -0.15) is 0 Å². The Bertz CT molecular complexity index is 1020. The topological polar surface area (TPSA) is 56.7 Å². The summed E-state index contributed by atoms with van der Waals surface area (Å²) in [4.78, 5) is 0. The van der Waals surface area contributed by atoms with Crippen LogP contribution in [0.1, 0.15) is 17.0 Å². The van der Waals surface area contributed by atoms with Crippen molar-refractivity contribution in [3.63, 3.8) is 0 Å². The molecule has 4 aromatic rings. The van der Waals surface area contributed by atoms with Crippen molar-refractivity contribution in [1.29, 1.82) is 0 Å². The van der Waals surface area contributed by atoms with Gasteiger partial charge in [-0.3, -0.25) is 4.57 Å². The van der Waals surface area contributed by atoms with E-state index in [1.807, 2.05) is 37.3 Å². The van der Waals surface area contributed by atoms with E-state index in [0.717, 1.165) is 33.7 Å². The third-order valence-corrected chi connectivity index (χ3v) is 4.90. The Hall–Kier alpha value is -2.86. The lowest BCUT2D eigenvalue weighted by Gasteiger charge is -2.10. The summed E-state index contributed by atoms with van der Waals surface area (Å²) < 4.78 is 7.40. The lowest BCUT2D eigenvalue weighted by molar-refractivity contribution is 0.391. The highest BCUT2D eigenvalue weighted by molar-refractivity contribution is 7.98. The van der Waals surface area contributed by atoms with E-state index in [9.17, 15) is 0 Å². The lowest BCUT2D eigenvalue weighted by Crippen LogP contribution is -1.99. The monoisotopic (exact) mass is 362 g/mol. The molecule has 5 nitrogen and oxygen atoms in total. The molecule has 0 saturated heterocycles. The van der Waals surface area contributed by atoms with E-state index in [1.54, 1.807) is 11.8 Å². The molecular formula is C20H18N4OS. The van der Waals surface area contributed by atoms with Crippen molar-refractivity contribution < 1.29 is 4.52 Å². The molecule has 2 aromatic carbocycles. The second-order valence-electron chi connectivity index (χ2n) is 6.07. The molecule has 0 aliphatic rings. The van der Waals surface area contributed by atoms with Crippen LogP contribution in [0.5, 0.6) is 0 Å². The summed E-state index contributed by atoms with van der Waals surface area (Å²) in [5.41, 5.74) is 4.15. The van der Waals surface area contributed by atoms with Gasteiger partial charge in [0.05, 0.1) is 11.4 Å². The standard InChI is InChI=1S/C20H18N4OS/c1-14-7-6-8-16(11-14)19-21-22-20(24(19)17-9-4-3-5-10-17)26-13-18-12-15(2)23-25-18/h3-12H,13H2,1-2H3. The average Bonchev–Trinajstić information content (AvgIpc) is 3.26. The van der Waals surface area contributed by atoms with Crippen LogP contribution in [0.3, 0.4) is 0 Å². The van der Waals surface area contributed by atoms with Crippen LogP contribution in [0.15, 0.2) is 70.3 Å². The van der Waals surface area contributed by atoms with Gasteiger partial charge >= 0.3 is 0 Å². The van der Waals surface area contributed by atoms with Crippen LogP contribution in [0.2, 0.25) is 0 Å². The third-order valence-electron chi connectivity index (χ3n) is 3.94. The molecule has 2 heterocycles. The summed E-state index contributed by atoms with van der Waals surface area (Å²) in [5.74, 6) is 2.31. The van der Waals surface area contributed by atoms with Crippen LogP contribution in [0.4, 0.5) is 0 Å². The maximum absolute atomic E-state index is 5.31. The van der Waals surface area contributed by atoms with Crippen molar-refractivity contribution in [1.82, 2.24) is 19.9 Å². The van der Waals surface area contributed by atoms with Gasteiger partial charge in [-0.1, -0.05) is 58.9 Å². The van der Waals surface area contributed by atoms with Gasteiger partial charge in [0.25, 0.3) is 0 Å².